The van der Waals surface area contributed by atoms with E-state index < -0.39 is 0 Å². The van der Waals surface area contributed by atoms with Crippen LogP contribution in [0.25, 0.3) is 0 Å². The van der Waals surface area contributed by atoms with Crippen molar-refractivity contribution in [3.05, 3.63) is 5.82 Å². The molecule has 0 atom stereocenters. The van der Waals surface area contributed by atoms with Crippen LogP contribution in [0.4, 0.5) is 0 Å². The highest BCUT2D eigenvalue weighted by atomic mass is 32.2. The van der Waals surface area contributed by atoms with Crippen LogP contribution in [0.5, 0.6) is 0 Å². The van der Waals surface area contributed by atoms with Crippen molar-refractivity contribution in [3.63, 3.8) is 0 Å². The van der Waals surface area contributed by atoms with E-state index in [-0.39, 0.29) is 5.91 Å². The molecule has 0 saturated carbocycles. The fourth-order valence-corrected chi connectivity index (χ4v) is 1.65. The molecule has 1 amide bonds. The van der Waals surface area contributed by atoms with E-state index in [4.69, 9.17) is 0 Å². The molecule has 0 aromatic carbocycles. The Morgan fingerprint density at radius 3 is 3.00 bits per heavy atom. The number of carbonyl (C=O) groups excluding carboxylic acids is 1. The molecule has 1 rings (SSSR count). The molecule has 15 heavy (non-hydrogen) atoms. The van der Waals surface area contributed by atoms with Gasteiger partial charge in [-0.1, -0.05) is 25.1 Å². The highest BCUT2D eigenvalue weighted by molar-refractivity contribution is 7.99. The Bertz CT molecular complexity index is 313. The number of hydrogen-bond donors (Lipinski definition) is 2. The molecule has 0 aliphatic carbocycles. The highest BCUT2D eigenvalue weighted by Gasteiger charge is 2.05. The Balaban J connectivity index is 2.16. The van der Waals surface area contributed by atoms with Crippen molar-refractivity contribution >= 4 is 17.7 Å². The molecule has 5 nitrogen and oxygen atoms in total. The molecule has 84 valence electrons. The maximum absolute atomic E-state index is 11.3. The zero-order valence-electron chi connectivity index (χ0n) is 9.04. The SMILES string of the molecule is CCCCNC(=O)CSc1n[nH]c(C)n1. The van der Waals surface area contributed by atoms with Gasteiger partial charge in [-0.25, -0.2) is 4.98 Å². The summed E-state index contributed by atoms with van der Waals surface area (Å²) in [6.07, 6.45) is 2.11. The Kier molecular flexibility index (Phi) is 5.17. The third-order valence-corrected chi connectivity index (χ3v) is 2.61. The molecule has 0 bridgehead atoms. The van der Waals surface area contributed by atoms with Gasteiger partial charge in [-0.2, -0.15) is 0 Å². The summed E-state index contributed by atoms with van der Waals surface area (Å²) >= 11 is 1.34. The molecule has 0 aliphatic heterocycles. The van der Waals surface area contributed by atoms with Gasteiger partial charge in [0.25, 0.3) is 0 Å². The van der Waals surface area contributed by atoms with Gasteiger partial charge >= 0.3 is 0 Å². The predicted octanol–water partition coefficient (Wildman–Crippen LogP) is 1.12. The second kappa shape index (κ2) is 6.44. The van der Waals surface area contributed by atoms with E-state index in [0.29, 0.717) is 10.9 Å². The molecule has 0 radical (unpaired) electrons. The number of unbranched alkanes of at least 4 members (excludes halogenated alkanes) is 1. The maximum atomic E-state index is 11.3. The van der Waals surface area contributed by atoms with Crippen LogP contribution < -0.4 is 5.32 Å². The summed E-state index contributed by atoms with van der Waals surface area (Å²) < 4.78 is 0. The molecule has 0 aliphatic rings. The average Bonchev–Trinajstić information content (AvgIpc) is 2.62. The number of hydrogen-bond acceptors (Lipinski definition) is 4. The molecule has 0 saturated heterocycles. The number of aromatic nitrogens is 3. The monoisotopic (exact) mass is 228 g/mol. The Labute approximate surface area is 93.4 Å². The van der Waals surface area contributed by atoms with Crippen molar-refractivity contribution in [2.75, 3.05) is 12.3 Å². The van der Waals surface area contributed by atoms with E-state index in [1.165, 1.54) is 11.8 Å². The average molecular weight is 228 g/mol. The third-order valence-electron chi connectivity index (χ3n) is 1.76. The lowest BCUT2D eigenvalue weighted by Crippen LogP contribution is -2.26. The van der Waals surface area contributed by atoms with E-state index in [2.05, 4.69) is 27.4 Å². The number of thioether (sulfide) groups is 1. The number of aryl methyl sites for hydroxylation is 1. The maximum Gasteiger partial charge on any atom is 0.230 e. The zero-order chi connectivity index (χ0) is 11.1. The minimum absolute atomic E-state index is 0.0379. The number of amides is 1. The summed E-state index contributed by atoms with van der Waals surface area (Å²) in [6, 6.07) is 0. The second-order valence-corrected chi connectivity index (χ2v) is 4.14. The molecule has 1 heterocycles. The summed E-state index contributed by atoms with van der Waals surface area (Å²) in [6.45, 7) is 4.68. The topological polar surface area (TPSA) is 70.7 Å². The number of H-pyrrole nitrogens is 1. The molecule has 6 heteroatoms. The Morgan fingerprint density at radius 2 is 2.40 bits per heavy atom. The van der Waals surface area contributed by atoms with Crippen LogP contribution >= 0.6 is 11.8 Å². The lowest BCUT2D eigenvalue weighted by Gasteiger charge is -2.01. The minimum Gasteiger partial charge on any atom is -0.355 e. The van der Waals surface area contributed by atoms with Gasteiger partial charge in [-0.05, 0) is 13.3 Å². The fourth-order valence-electron chi connectivity index (χ4n) is 0.972. The van der Waals surface area contributed by atoms with Crippen molar-refractivity contribution in [1.82, 2.24) is 20.5 Å². The first-order valence-electron chi connectivity index (χ1n) is 5.01. The first kappa shape index (κ1) is 12.0. The van der Waals surface area contributed by atoms with Gasteiger partial charge in [-0.3, -0.25) is 9.89 Å². The lowest BCUT2D eigenvalue weighted by atomic mass is 10.3. The van der Waals surface area contributed by atoms with Gasteiger partial charge in [0, 0.05) is 6.54 Å². The third kappa shape index (κ3) is 4.83. The van der Waals surface area contributed by atoms with Crippen LogP contribution in [0, 0.1) is 6.92 Å². The lowest BCUT2D eigenvalue weighted by molar-refractivity contribution is -0.118. The first-order chi connectivity index (χ1) is 7.22. The molecule has 0 unspecified atom stereocenters. The summed E-state index contributed by atoms with van der Waals surface area (Å²) in [5.74, 6) is 1.18. The normalized spacial score (nSPS) is 10.3. The van der Waals surface area contributed by atoms with E-state index in [1.807, 2.05) is 6.92 Å². The number of rotatable bonds is 6. The summed E-state index contributed by atoms with van der Waals surface area (Å²) in [5, 5.41) is 10.1. The molecule has 0 spiro atoms. The van der Waals surface area contributed by atoms with E-state index in [9.17, 15) is 4.79 Å². The van der Waals surface area contributed by atoms with Crippen LogP contribution in [-0.4, -0.2) is 33.4 Å². The zero-order valence-corrected chi connectivity index (χ0v) is 9.86. The molecule has 2 N–H and O–H groups in total. The molecule has 1 aromatic rings. The van der Waals surface area contributed by atoms with Gasteiger partial charge in [-0.15, -0.1) is 5.10 Å². The number of carbonyl (C=O) groups is 1. The van der Waals surface area contributed by atoms with Crippen molar-refractivity contribution in [1.29, 1.82) is 0 Å². The first-order valence-corrected chi connectivity index (χ1v) is 5.99. The van der Waals surface area contributed by atoms with Crippen LogP contribution in [0.1, 0.15) is 25.6 Å². The van der Waals surface area contributed by atoms with Crippen LogP contribution in [0.3, 0.4) is 0 Å². The number of nitrogens with zero attached hydrogens (tertiary/aromatic N) is 2. The van der Waals surface area contributed by atoms with Crippen LogP contribution in [0.15, 0.2) is 5.16 Å². The Morgan fingerprint density at radius 1 is 1.60 bits per heavy atom. The molecular weight excluding hydrogens is 212 g/mol. The molecule has 0 fully saturated rings. The quantitative estimate of drug-likeness (QED) is 0.565. The van der Waals surface area contributed by atoms with E-state index in [1.54, 1.807) is 0 Å². The minimum atomic E-state index is 0.0379. The predicted molar refractivity (Wildman–Crippen MR) is 59.8 cm³/mol. The van der Waals surface area contributed by atoms with Gasteiger partial charge in [0.2, 0.25) is 11.1 Å². The number of nitrogens with one attached hydrogen (secondary N) is 2. The van der Waals surface area contributed by atoms with Crippen LogP contribution in [-0.2, 0) is 4.79 Å². The fraction of sp³-hybridized carbons (Fsp3) is 0.667. The van der Waals surface area contributed by atoms with E-state index >= 15 is 0 Å². The van der Waals surface area contributed by atoms with Crippen LogP contribution in [0.2, 0.25) is 0 Å². The molecule has 1 aromatic heterocycles. The van der Waals surface area contributed by atoms with Gasteiger partial charge in [0.15, 0.2) is 0 Å². The summed E-state index contributed by atoms with van der Waals surface area (Å²) in [4.78, 5) is 15.4. The van der Waals surface area contributed by atoms with Crippen molar-refractivity contribution in [2.45, 2.75) is 31.8 Å². The van der Waals surface area contributed by atoms with E-state index in [0.717, 1.165) is 25.2 Å². The standard InChI is InChI=1S/C9H16N4OS/c1-3-4-5-10-8(14)6-15-9-11-7(2)12-13-9/h3-6H2,1-2H3,(H,10,14)(H,11,12,13). The molecular formula is C9H16N4OS. The smallest absolute Gasteiger partial charge is 0.230 e. The second-order valence-electron chi connectivity index (χ2n) is 3.20. The van der Waals surface area contributed by atoms with Gasteiger partial charge < -0.3 is 5.32 Å². The van der Waals surface area contributed by atoms with Crippen molar-refractivity contribution < 1.29 is 4.79 Å². The highest BCUT2D eigenvalue weighted by Crippen LogP contribution is 2.10. The van der Waals surface area contributed by atoms with Crippen molar-refractivity contribution in [3.8, 4) is 0 Å². The summed E-state index contributed by atoms with van der Waals surface area (Å²) in [7, 11) is 0. The van der Waals surface area contributed by atoms with Gasteiger partial charge in [0.1, 0.15) is 5.82 Å². The summed E-state index contributed by atoms with van der Waals surface area (Å²) in [5.41, 5.74) is 0. The number of aromatic amines is 1. The van der Waals surface area contributed by atoms with Gasteiger partial charge in [0.05, 0.1) is 5.75 Å². The largest absolute Gasteiger partial charge is 0.355 e. The van der Waals surface area contributed by atoms with Crippen molar-refractivity contribution in [2.24, 2.45) is 0 Å². The Hall–Kier alpha value is -1.04.